The quantitative estimate of drug-likeness (QED) is 0.782. The number of hydrogen-bond acceptors (Lipinski definition) is 4. The van der Waals surface area contributed by atoms with E-state index in [1.54, 1.807) is 0 Å². The first-order chi connectivity index (χ1) is 9.06. The van der Waals surface area contributed by atoms with Crippen LogP contribution in [0.3, 0.4) is 0 Å². The summed E-state index contributed by atoms with van der Waals surface area (Å²) in [5, 5.41) is 12.3. The molecule has 2 aliphatic rings. The third-order valence-electron chi connectivity index (χ3n) is 4.65. The summed E-state index contributed by atoms with van der Waals surface area (Å²) >= 11 is 0. The van der Waals surface area contributed by atoms with Gasteiger partial charge in [-0.1, -0.05) is 12.8 Å². The van der Waals surface area contributed by atoms with Crippen LogP contribution in [0.2, 0.25) is 0 Å². The van der Waals surface area contributed by atoms with E-state index < -0.39 is 6.10 Å². The van der Waals surface area contributed by atoms with Gasteiger partial charge in [0.1, 0.15) is 6.10 Å². The van der Waals surface area contributed by atoms with Gasteiger partial charge in [0, 0.05) is 24.7 Å². The molecule has 1 aliphatic heterocycles. The average Bonchev–Trinajstić information content (AvgIpc) is 2.90. The van der Waals surface area contributed by atoms with Crippen molar-refractivity contribution in [2.24, 2.45) is 0 Å². The number of carbonyl (C=O) groups excluding carboxylic acids is 1. The lowest BCUT2D eigenvalue weighted by molar-refractivity contribution is -0.130. The molecule has 2 rings (SSSR count). The number of morpholine rings is 1. The van der Waals surface area contributed by atoms with Crippen LogP contribution in [0.15, 0.2) is 0 Å². The molecule has 5 nitrogen and oxygen atoms in total. The van der Waals surface area contributed by atoms with Gasteiger partial charge < -0.3 is 15.2 Å². The zero-order chi connectivity index (χ0) is 13.9. The largest absolute Gasteiger partial charge is 0.384 e. The van der Waals surface area contributed by atoms with Crippen molar-refractivity contribution in [1.29, 1.82) is 0 Å². The maximum Gasteiger partial charge on any atom is 0.248 e. The minimum absolute atomic E-state index is 0.0499. The van der Waals surface area contributed by atoms with Crippen LogP contribution in [0.4, 0.5) is 0 Å². The summed E-state index contributed by atoms with van der Waals surface area (Å²) in [7, 11) is 0. The van der Waals surface area contributed by atoms with Gasteiger partial charge in [-0.15, -0.1) is 0 Å². The molecular weight excluding hydrogens is 244 g/mol. The number of aliphatic hydroxyl groups excluding tert-OH is 1. The Labute approximate surface area is 115 Å². The van der Waals surface area contributed by atoms with Gasteiger partial charge in [-0.25, -0.2) is 0 Å². The van der Waals surface area contributed by atoms with E-state index in [9.17, 15) is 9.90 Å². The second-order valence-corrected chi connectivity index (χ2v) is 5.82. The fourth-order valence-corrected chi connectivity index (χ4v) is 3.49. The van der Waals surface area contributed by atoms with Crippen LogP contribution >= 0.6 is 0 Å². The van der Waals surface area contributed by atoms with Crippen molar-refractivity contribution in [1.82, 2.24) is 10.2 Å². The van der Waals surface area contributed by atoms with Crippen LogP contribution in [0.1, 0.15) is 39.5 Å². The normalized spacial score (nSPS) is 26.9. The Morgan fingerprint density at radius 3 is 2.37 bits per heavy atom. The standard InChI is InChI=1S/C14H26N2O3/c1-11(17)13(18)15-12(2)14(5-3-4-6-14)16-7-9-19-10-8-16/h11-12,17H,3-10H2,1-2H3,(H,15,18). The highest BCUT2D eigenvalue weighted by Crippen LogP contribution is 2.38. The Morgan fingerprint density at radius 1 is 1.26 bits per heavy atom. The molecule has 1 saturated carbocycles. The molecule has 0 spiro atoms. The van der Waals surface area contributed by atoms with Crippen LogP contribution < -0.4 is 5.32 Å². The minimum atomic E-state index is -0.939. The summed E-state index contributed by atoms with van der Waals surface area (Å²) < 4.78 is 5.43. The van der Waals surface area contributed by atoms with Gasteiger partial charge >= 0.3 is 0 Å². The average molecular weight is 270 g/mol. The summed E-state index contributed by atoms with van der Waals surface area (Å²) in [5.41, 5.74) is 0.0499. The lowest BCUT2D eigenvalue weighted by Gasteiger charge is -2.47. The van der Waals surface area contributed by atoms with Gasteiger partial charge in [-0.05, 0) is 26.7 Å². The Hall–Kier alpha value is -0.650. The highest BCUT2D eigenvalue weighted by molar-refractivity contribution is 5.80. The molecule has 0 bridgehead atoms. The van der Waals surface area contributed by atoms with Crippen molar-refractivity contribution >= 4 is 5.91 Å². The van der Waals surface area contributed by atoms with Crippen LogP contribution in [0, 0.1) is 0 Å². The molecule has 19 heavy (non-hydrogen) atoms. The molecule has 110 valence electrons. The van der Waals surface area contributed by atoms with E-state index in [2.05, 4.69) is 17.1 Å². The van der Waals surface area contributed by atoms with Crippen molar-refractivity contribution in [2.45, 2.75) is 57.2 Å². The van der Waals surface area contributed by atoms with Crippen LogP contribution in [-0.4, -0.2) is 59.9 Å². The van der Waals surface area contributed by atoms with E-state index in [0.29, 0.717) is 0 Å². The number of carbonyl (C=O) groups is 1. The third-order valence-corrected chi connectivity index (χ3v) is 4.65. The second-order valence-electron chi connectivity index (χ2n) is 5.82. The van der Waals surface area contributed by atoms with Crippen molar-refractivity contribution in [3.05, 3.63) is 0 Å². The van der Waals surface area contributed by atoms with Gasteiger partial charge in [0.15, 0.2) is 0 Å². The van der Waals surface area contributed by atoms with Gasteiger partial charge in [0.25, 0.3) is 0 Å². The zero-order valence-corrected chi connectivity index (χ0v) is 12.0. The first-order valence-corrected chi connectivity index (χ1v) is 7.37. The molecule has 1 saturated heterocycles. The molecule has 1 heterocycles. The Kier molecular flexibility index (Phi) is 4.81. The van der Waals surface area contributed by atoms with E-state index in [0.717, 1.165) is 39.1 Å². The van der Waals surface area contributed by atoms with Gasteiger partial charge in [0.05, 0.1) is 13.2 Å². The second kappa shape index (κ2) is 6.20. The molecule has 1 aliphatic carbocycles. The molecule has 2 atom stereocenters. The van der Waals surface area contributed by atoms with E-state index in [1.807, 2.05) is 0 Å². The van der Waals surface area contributed by atoms with Crippen molar-refractivity contribution in [2.75, 3.05) is 26.3 Å². The number of nitrogens with one attached hydrogen (secondary N) is 1. The van der Waals surface area contributed by atoms with Crippen molar-refractivity contribution in [3.63, 3.8) is 0 Å². The van der Waals surface area contributed by atoms with E-state index in [4.69, 9.17) is 4.74 Å². The van der Waals surface area contributed by atoms with Gasteiger partial charge in [-0.3, -0.25) is 9.69 Å². The van der Waals surface area contributed by atoms with E-state index >= 15 is 0 Å². The lowest BCUT2D eigenvalue weighted by atomic mass is 9.86. The van der Waals surface area contributed by atoms with E-state index in [1.165, 1.54) is 19.8 Å². The number of hydrogen-bond donors (Lipinski definition) is 2. The minimum Gasteiger partial charge on any atom is -0.384 e. The first-order valence-electron chi connectivity index (χ1n) is 7.37. The lowest BCUT2D eigenvalue weighted by Crippen LogP contribution is -2.62. The highest BCUT2D eigenvalue weighted by atomic mass is 16.5. The fraction of sp³-hybridized carbons (Fsp3) is 0.929. The summed E-state index contributed by atoms with van der Waals surface area (Å²) in [4.78, 5) is 14.2. The highest BCUT2D eigenvalue weighted by Gasteiger charge is 2.45. The van der Waals surface area contributed by atoms with Crippen molar-refractivity contribution in [3.8, 4) is 0 Å². The first kappa shape index (κ1) is 14.8. The Bertz CT molecular complexity index is 308. The number of rotatable bonds is 4. The van der Waals surface area contributed by atoms with Crippen molar-refractivity contribution < 1.29 is 14.6 Å². The van der Waals surface area contributed by atoms with Gasteiger partial charge in [-0.2, -0.15) is 0 Å². The SMILES string of the molecule is CC(O)C(=O)NC(C)C1(N2CCOCC2)CCCC1. The van der Waals surface area contributed by atoms with Crippen LogP contribution in [-0.2, 0) is 9.53 Å². The summed E-state index contributed by atoms with van der Waals surface area (Å²) in [6, 6.07) is 0.0650. The zero-order valence-electron chi connectivity index (χ0n) is 12.0. The van der Waals surface area contributed by atoms with Gasteiger partial charge in [0.2, 0.25) is 5.91 Å². The number of nitrogens with zero attached hydrogens (tertiary/aromatic N) is 1. The smallest absolute Gasteiger partial charge is 0.248 e. The summed E-state index contributed by atoms with van der Waals surface area (Å²) in [5.74, 6) is -0.271. The third kappa shape index (κ3) is 3.09. The Morgan fingerprint density at radius 2 is 1.84 bits per heavy atom. The fourth-order valence-electron chi connectivity index (χ4n) is 3.49. The molecule has 2 fully saturated rings. The maximum absolute atomic E-state index is 11.7. The molecular formula is C14H26N2O3. The monoisotopic (exact) mass is 270 g/mol. The molecule has 0 radical (unpaired) electrons. The summed E-state index contributed by atoms with van der Waals surface area (Å²) in [6.07, 6.45) is 3.73. The molecule has 0 aromatic carbocycles. The summed E-state index contributed by atoms with van der Waals surface area (Å²) in [6.45, 7) is 7.01. The molecule has 0 aromatic rings. The predicted molar refractivity (Wildman–Crippen MR) is 72.9 cm³/mol. The molecule has 2 unspecified atom stereocenters. The molecule has 1 amide bonds. The predicted octanol–water partition coefficient (Wildman–Crippen LogP) is 0.517. The van der Waals surface area contributed by atoms with Crippen LogP contribution in [0.5, 0.6) is 0 Å². The molecule has 5 heteroatoms. The van der Waals surface area contributed by atoms with Crippen LogP contribution in [0.25, 0.3) is 0 Å². The number of ether oxygens (including phenoxy) is 1. The molecule has 2 N–H and O–H groups in total. The number of aliphatic hydroxyl groups is 1. The maximum atomic E-state index is 11.7. The van der Waals surface area contributed by atoms with E-state index in [-0.39, 0.29) is 17.5 Å². The number of amides is 1. The molecule has 0 aromatic heterocycles. The topological polar surface area (TPSA) is 61.8 Å². The Balaban J connectivity index is 2.07.